The van der Waals surface area contributed by atoms with Crippen LogP contribution in [-0.4, -0.2) is 33.3 Å². The number of rotatable bonds is 8. The highest BCUT2D eigenvalue weighted by atomic mass is 16.4. The predicted octanol–water partition coefficient (Wildman–Crippen LogP) is 2.47. The first-order valence-electron chi connectivity index (χ1n) is 7.81. The average molecular weight is 309 g/mol. The largest absolute Gasteiger partial charge is 0.481 e. The molecule has 6 heteroatoms. The molecule has 0 aliphatic heterocycles. The first-order valence-corrected chi connectivity index (χ1v) is 7.81. The summed E-state index contributed by atoms with van der Waals surface area (Å²) in [6.07, 6.45) is 2.50. The number of aliphatic carboxylic acids is 1. The lowest BCUT2D eigenvalue weighted by Gasteiger charge is -2.26. The Morgan fingerprint density at radius 3 is 2.41 bits per heavy atom. The first kappa shape index (κ1) is 18.2. The Labute approximate surface area is 131 Å². The lowest BCUT2D eigenvalue weighted by Crippen LogP contribution is -2.42. The number of carboxylic acids is 1. The molecule has 1 amide bonds. The summed E-state index contributed by atoms with van der Waals surface area (Å²) in [5.74, 6) is -0.695. The van der Waals surface area contributed by atoms with Crippen LogP contribution < -0.4 is 5.32 Å². The first-order chi connectivity index (χ1) is 10.3. The number of aromatic nitrogens is 2. The maximum Gasteiger partial charge on any atom is 0.311 e. The molecular formula is C16H27N3O3. The third kappa shape index (κ3) is 3.87. The van der Waals surface area contributed by atoms with Gasteiger partial charge < -0.3 is 10.4 Å². The van der Waals surface area contributed by atoms with E-state index in [1.807, 2.05) is 25.5 Å². The normalized spacial score (nSPS) is 11.7. The molecule has 1 aromatic rings. The molecule has 22 heavy (non-hydrogen) atoms. The fraction of sp³-hybridized carbons (Fsp3) is 0.688. The Morgan fingerprint density at radius 2 is 1.95 bits per heavy atom. The zero-order valence-electron chi connectivity index (χ0n) is 14.1. The molecule has 1 aromatic heterocycles. The molecule has 0 saturated carbocycles. The molecule has 124 valence electrons. The number of hydrogen-bond acceptors (Lipinski definition) is 3. The van der Waals surface area contributed by atoms with Gasteiger partial charge in [0, 0.05) is 18.8 Å². The SMILES string of the molecule is CCC(CC)(CNC(=O)c1cnn(CC(C)C)c1C)C(=O)O. The molecule has 6 nitrogen and oxygen atoms in total. The van der Waals surface area contributed by atoms with Crippen LogP contribution in [0.4, 0.5) is 0 Å². The van der Waals surface area contributed by atoms with E-state index in [-0.39, 0.29) is 12.5 Å². The van der Waals surface area contributed by atoms with Gasteiger partial charge in [-0.1, -0.05) is 27.7 Å². The van der Waals surface area contributed by atoms with Gasteiger partial charge in [-0.15, -0.1) is 0 Å². The van der Waals surface area contributed by atoms with Gasteiger partial charge in [0.25, 0.3) is 5.91 Å². The van der Waals surface area contributed by atoms with Gasteiger partial charge in [0.15, 0.2) is 0 Å². The van der Waals surface area contributed by atoms with E-state index in [1.165, 1.54) is 0 Å². The van der Waals surface area contributed by atoms with Gasteiger partial charge in [0.2, 0.25) is 0 Å². The number of hydrogen-bond donors (Lipinski definition) is 2. The zero-order chi connectivity index (χ0) is 16.9. The van der Waals surface area contributed by atoms with Gasteiger partial charge in [-0.25, -0.2) is 0 Å². The lowest BCUT2D eigenvalue weighted by atomic mass is 9.82. The summed E-state index contributed by atoms with van der Waals surface area (Å²) < 4.78 is 1.81. The molecule has 0 saturated heterocycles. The summed E-state index contributed by atoms with van der Waals surface area (Å²) in [6, 6.07) is 0. The maximum absolute atomic E-state index is 12.3. The van der Waals surface area contributed by atoms with Crippen LogP contribution in [0, 0.1) is 18.3 Å². The van der Waals surface area contributed by atoms with Crippen molar-refractivity contribution < 1.29 is 14.7 Å². The average Bonchev–Trinajstić information content (AvgIpc) is 2.80. The second-order valence-electron chi connectivity index (χ2n) is 6.19. The number of nitrogens with one attached hydrogen (secondary N) is 1. The van der Waals surface area contributed by atoms with Crippen LogP contribution in [-0.2, 0) is 11.3 Å². The fourth-order valence-electron chi connectivity index (χ4n) is 2.42. The van der Waals surface area contributed by atoms with Gasteiger partial charge in [-0.2, -0.15) is 5.10 Å². The van der Waals surface area contributed by atoms with Crippen molar-refractivity contribution in [3.8, 4) is 0 Å². The Morgan fingerprint density at radius 1 is 1.36 bits per heavy atom. The minimum absolute atomic E-state index is 0.128. The quantitative estimate of drug-likeness (QED) is 0.772. The van der Waals surface area contributed by atoms with E-state index in [0.717, 1.165) is 12.2 Å². The van der Waals surface area contributed by atoms with Gasteiger partial charge in [0.05, 0.1) is 17.2 Å². The number of nitrogens with zero attached hydrogens (tertiary/aromatic N) is 2. The molecule has 0 spiro atoms. The lowest BCUT2D eigenvalue weighted by molar-refractivity contribution is -0.149. The van der Waals surface area contributed by atoms with Crippen molar-refractivity contribution in [3.63, 3.8) is 0 Å². The third-order valence-corrected chi connectivity index (χ3v) is 4.28. The summed E-state index contributed by atoms with van der Waals surface area (Å²) in [4.78, 5) is 23.8. The van der Waals surface area contributed by atoms with Crippen molar-refractivity contribution in [1.82, 2.24) is 15.1 Å². The molecule has 0 aromatic carbocycles. The summed E-state index contributed by atoms with van der Waals surface area (Å²) in [5.41, 5.74) is 0.407. The molecule has 0 radical (unpaired) electrons. The van der Waals surface area contributed by atoms with Crippen LogP contribution in [0.3, 0.4) is 0 Å². The Kier molecular flexibility index (Phi) is 6.14. The second-order valence-corrected chi connectivity index (χ2v) is 6.19. The van der Waals surface area contributed by atoms with Crippen LogP contribution >= 0.6 is 0 Å². The molecule has 2 N–H and O–H groups in total. The van der Waals surface area contributed by atoms with Crippen LogP contribution in [0.25, 0.3) is 0 Å². The predicted molar refractivity (Wildman–Crippen MR) is 84.8 cm³/mol. The molecule has 0 aliphatic rings. The highest BCUT2D eigenvalue weighted by molar-refractivity contribution is 5.95. The Balaban J connectivity index is 2.82. The van der Waals surface area contributed by atoms with E-state index < -0.39 is 11.4 Å². The molecule has 0 atom stereocenters. The van der Waals surface area contributed by atoms with Gasteiger partial charge in [-0.05, 0) is 25.7 Å². The van der Waals surface area contributed by atoms with Crippen molar-refractivity contribution in [1.29, 1.82) is 0 Å². The second kappa shape index (κ2) is 7.42. The number of amides is 1. The van der Waals surface area contributed by atoms with Crippen LogP contribution in [0.5, 0.6) is 0 Å². The van der Waals surface area contributed by atoms with Gasteiger partial charge in [-0.3, -0.25) is 14.3 Å². The van der Waals surface area contributed by atoms with E-state index >= 15 is 0 Å². The Hall–Kier alpha value is -1.85. The highest BCUT2D eigenvalue weighted by Crippen LogP contribution is 2.25. The summed E-state index contributed by atoms with van der Waals surface area (Å²) >= 11 is 0. The van der Waals surface area contributed by atoms with E-state index in [0.29, 0.717) is 24.3 Å². The number of carboxylic acid groups (broad SMARTS) is 1. The summed E-state index contributed by atoms with van der Waals surface area (Å²) in [7, 11) is 0. The number of carbonyl (C=O) groups is 2. The molecule has 1 heterocycles. The molecule has 0 bridgehead atoms. The van der Waals surface area contributed by atoms with Gasteiger partial charge >= 0.3 is 5.97 Å². The number of carbonyl (C=O) groups excluding carboxylic acids is 1. The topological polar surface area (TPSA) is 84.2 Å². The monoisotopic (exact) mass is 309 g/mol. The van der Waals surface area contributed by atoms with Crippen molar-refractivity contribution in [2.75, 3.05) is 6.54 Å². The van der Waals surface area contributed by atoms with E-state index in [1.54, 1.807) is 6.20 Å². The molecule has 0 aliphatic carbocycles. The van der Waals surface area contributed by atoms with E-state index in [2.05, 4.69) is 24.3 Å². The minimum atomic E-state index is -0.905. The van der Waals surface area contributed by atoms with E-state index in [4.69, 9.17) is 0 Å². The Bertz CT molecular complexity index is 531. The van der Waals surface area contributed by atoms with Crippen molar-refractivity contribution in [3.05, 3.63) is 17.5 Å². The molecule has 0 unspecified atom stereocenters. The summed E-state index contributed by atoms with van der Waals surface area (Å²) in [5, 5.41) is 16.4. The molecule has 1 rings (SSSR count). The van der Waals surface area contributed by atoms with Gasteiger partial charge in [0.1, 0.15) is 0 Å². The minimum Gasteiger partial charge on any atom is -0.481 e. The van der Waals surface area contributed by atoms with Crippen molar-refractivity contribution in [2.24, 2.45) is 11.3 Å². The highest BCUT2D eigenvalue weighted by Gasteiger charge is 2.35. The van der Waals surface area contributed by atoms with E-state index in [9.17, 15) is 14.7 Å². The third-order valence-electron chi connectivity index (χ3n) is 4.28. The van der Waals surface area contributed by atoms with Crippen LogP contribution in [0.15, 0.2) is 6.20 Å². The maximum atomic E-state index is 12.3. The van der Waals surface area contributed by atoms with Crippen LogP contribution in [0.1, 0.15) is 56.6 Å². The smallest absolute Gasteiger partial charge is 0.311 e. The summed E-state index contributed by atoms with van der Waals surface area (Å²) in [6.45, 7) is 10.6. The molecule has 0 fully saturated rings. The standard InChI is InChI=1S/C16H27N3O3/c1-6-16(7-2,15(21)22)10-17-14(20)13-8-18-19(12(13)5)9-11(3)4/h8,11H,6-7,9-10H2,1-5H3,(H,17,20)(H,21,22). The molecular weight excluding hydrogens is 282 g/mol. The van der Waals surface area contributed by atoms with Crippen molar-refractivity contribution >= 4 is 11.9 Å². The van der Waals surface area contributed by atoms with Crippen LogP contribution in [0.2, 0.25) is 0 Å². The zero-order valence-corrected chi connectivity index (χ0v) is 14.1. The van der Waals surface area contributed by atoms with Crippen molar-refractivity contribution in [2.45, 2.75) is 54.0 Å². The fourth-order valence-corrected chi connectivity index (χ4v) is 2.42.